The number of tetrazole rings is 1. The van der Waals surface area contributed by atoms with Crippen LogP contribution in [0.2, 0.25) is 0 Å². The van der Waals surface area contributed by atoms with Crippen molar-refractivity contribution in [1.82, 2.24) is 20.6 Å². The van der Waals surface area contributed by atoms with E-state index >= 15 is 0 Å². The maximum Gasteiger partial charge on any atom is 0.315 e. The number of ether oxygens (including phenoxy) is 2. The molecule has 1 aromatic carbocycles. The van der Waals surface area contributed by atoms with Crippen molar-refractivity contribution in [3.05, 3.63) is 22.2 Å². The Kier molecular flexibility index (Phi) is 3.04. The first kappa shape index (κ1) is 11.8. The van der Waals surface area contributed by atoms with Gasteiger partial charge in [0.25, 0.3) is 0 Å². The molecule has 0 saturated carbocycles. The Balaban J connectivity index is 2.64. The molecule has 9 nitrogen and oxygen atoms in total. The zero-order chi connectivity index (χ0) is 13.1. The van der Waals surface area contributed by atoms with Crippen LogP contribution in [0.4, 0.5) is 5.69 Å². The molecule has 0 saturated heterocycles. The molecule has 94 valence electrons. The fraction of sp³-hybridized carbons (Fsp3) is 0.222. The fourth-order valence-electron chi connectivity index (χ4n) is 1.49. The van der Waals surface area contributed by atoms with Gasteiger partial charge in [-0.05, 0) is 11.3 Å². The first-order valence-electron chi connectivity index (χ1n) is 4.81. The smallest absolute Gasteiger partial charge is 0.315 e. The molecule has 0 bridgehead atoms. The van der Waals surface area contributed by atoms with Crippen LogP contribution in [0.5, 0.6) is 11.5 Å². The lowest BCUT2D eigenvalue weighted by atomic mass is 10.1. The van der Waals surface area contributed by atoms with Gasteiger partial charge in [-0.15, -0.1) is 10.2 Å². The van der Waals surface area contributed by atoms with Crippen LogP contribution in [0.25, 0.3) is 11.4 Å². The van der Waals surface area contributed by atoms with Gasteiger partial charge in [0.1, 0.15) is 0 Å². The number of hydrogen-bond donors (Lipinski definition) is 1. The molecule has 0 aliphatic heterocycles. The number of nitrogens with one attached hydrogen (secondary N) is 1. The van der Waals surface area contributed by atoms with E-state index in [2.05, 4.69) is 20.6 Å². The highest BCUT2D eigenvalue weighted by Crippen LogP contribution is 2.39. The van der Waals surface area contributed by atoms with Gasteiger partial charge >= 0.3 is 5.69 Å². The Hall–Kier alpha value is -2.71. The van der Waals surface area contributed by atoms with E-state index in [1.165, 1.54) is 26.4 Å². The van der Waals surface area contributed by atoms with Crippen molar-refractivity contribution in [2.45, 2.75) is 0 Å². The predicted octanol–water partition coefficient (Wildman–Crippen LogP) is 0.792. The Morgan fingerprint density at radius 2 is 2.11 bits per heavy atom. The maximum absolute atomic E-state index is 11.0. The molecule has 0 fully saturated rings. The lowest BCUT2D eigenvalue weighted by Gasteiger charge is -2.08. The number of nitrogens with zero attached hydrogens (tertiary/aromatic N) is 4. The van der Waals surface area contributed by atoms with E-state index in [4.69, 9.17) is 9.47 Å². The highest BCUT2D eigenvalue weighted by molar-refractivity contribution is 5.68. The summed E-state index contributed by atoms with van der Waals surface area (Å²) >= 11 is 0. The van der Waals surface area contributed by atoms with E-state index < -0.39 is 4.92 Å². The summed E-state index contributed by atoms with van der Waals surface area (Å²) in [5.74, 6) is 0.514. The third kappa shape index (κ3) is 1.93. The molecule has 1 aromatic heterocycles. The number of nitro benzene ring substituents is 1. The molecule has 2 rings (SSSR count). The molecule has 0 radical (unpaired) electrons. The standard InChI is InChI=1S/C9H9N5O4/c1-17-7-4-5(9-10-12-13-11-9)3-6(14(15)16)8(7)18-2/h3-4H,1-2H3,(H,10,11,12,13). The van der Waals surface area contributed by atoms with Crippen molar-refractivity contribution in [2.75, 3.05) is 14.2 Å². The summed E-state index contributed by atoms with van der Waals surface area (Å²) in [5, 5.41) is 24.1. The molecule has 1 heterocycles. The number of aromatic amines is 1. The van der Waals surface area contributed by atoms with Crippen LogP contribution in [0.1, 0.15) is 0 Å². The van der Waals surface area contributed by atoms with Gasteiger partial charge in [0.05, 0.1) is 19.1 Å². The second-order valence-corrected chi connectivity index (χ2v) is 3.22. The van der Waals surface area contributed by atoms with E-state index in [0.29, 0.717) is 5.56 Å². The van der Waals surface area contributed by atoms with E-state index in [1.807, 2.05) is 0 Å². The highest BCUT2D eigenvalue weighted by Gasteiger charge is 2.23. The fourth-order valence-corrected chi connectivity index (χ4v) is 1.49. The molecule has 0 atom stereocenters. The largest absolute Gasteiger partial charge is 0.493 e. The van der Waals surface area contributed by atoms with Gasteiger partial charge in [-0.3, -0.25) is 10.1 Å². The molecule has 0 aliphatic carbocycles. The minimum absolute atomic E-state index is 0.0507. The summed E-state index contributed by atoms with van der Waals surface area (Å²) in [5.41, 5.74) is 0.185. The van der Waals surface area contributed by atoms with Gasteiger partial charge in [-0.1, -0.05) is 0 Å². The number of benzene rings is 1. The summed E-state index contributed by atoms with van der Waals surface area (Å²) in [6.45, 7) is 0. The molecular weight excluding hydrogens is 242 g/mol. The Morgan fingerprint density at radius 1 is 1.33 bits per heavy atom. The Bertz CT molecular complexity index is 569. The van der Waals surface area contributed by atoms with Crippen LogP contribution < -0.4 is 9.47 Å². The van der Waals surface area contributed by atoms with Gasteiger partial charge in [0.15, 0.2) is 5.75 Å². The Labute approximate surface area is 101 Å². The zero-order valence-corrected chi connectivity index (χ0v) is 9.58. The van der Waals surface area contributed by atoms with Gasteiger partial charge in [-0.2, -0.15) is 5.21 Å². The first-order chi connectivity index (χ1) is 8.67. The van der Waals surface area contributed by atoms with Crippen LogP contribution >= 0.6 is 0 Å². The third-order valence-corrected chi connectivity index (χ3v) is 2.26. The predicted molar refractivity (Wildman–Crippen MR) is 59.4 cm³/mol. The summed E-state index contributed by atoms with van der Waals surface area (Å²) < 4.78 is 10.0. The lowest BCUT2D eigenvalue weighted by Crippen LogP contribution is -1.98. The van der Waals surface area contributed by atoms with Crippen molar-refractivity contribution in [1.29, 1.82) is 0 Å². The van der Waals surface area contributed by atoms with Crippen LogP contribution in [0.3, 0.4) is 0 Å². The minimum atomic E-state index is -0.565. The number of methoxy groups -OCH3 is 2. The summed E-state index contributed by atoms with van der Waals surface area (Å²) in [6, 6.07) is 2.84. The van der Waals surface area contributed by atoms with E-state index in [9.17, 15) is 10.1 Å². The van der Waals surface area contributed by atoms with Crippen LogP contribution in [0.15, 0.2) is 12.1 Å². The number of rotatable bonds is 4. The zero-order valence-electron chi connectivity index (χ0n) is 9.58. The summed E-state index contributed by atoms with van der Waals surface area (Å²) in [7, 11) is 2.72. The number of hydrogen-bond acceptors (Lipinski definition) is 7. The highest BCUT2D eigenvalue weighted by atomic mass is 16.6. The van der Waals surface area contributed by atoms with E-state index in [0.717, 1.165) is 0 Å². The molecule has 18 heavy (non-hydrogen) atoms. The normalized spacial score (nSPS) is 10.1. The third-order valence-electron chi connectivity index (χ3n) is 2.26. The van der Waals surface area contributed by atoms with Gasteiger partial charge < -0.3 is 9.47 Å². The molecule has 2 aromatic rings. The van der Waals surface area contributed by atoms with E-state index in [-0.39, 0.29) is 23.0 Å². The molecular formula is C9H9N5O4. The SMILES string of the molecule is COc1cc(-c2nn[nH]n2)cc([N+](=O)[O-])c1OC. The second-order valence-electron chi connectivity index (χ2n) is 3.22. The average Bonchev–Trinajstić information content (AvgIpc) is 2.90. The molecule has 1 N–H and O–H groups in total. The quantitative estimate of drug-likeness (QED) is 0.630. The van der Waals surface area contributed by atoms with Crippen LogP contribution in [-0.4, -0.2) is 39.8 Å². The monoisotopic (exact) mass is 251 g/mol. The van der Waals surface area contributed by atoms with Crippen molar-refractivity contribution in [2.24, 2.45) is 0 Å². The van der Waals surface area contributed by atoms with Crippen molar-refractivity contribution >= 4 is 5.69 Å². The first-order valence-corrected chi connectivity index (χ1v) is 4.81. The van der Waals surface area contributed by atoms with E-state index in [1.54, 1.807) is 0 Å². The number of nitro groups is 1. The van der Waals surface area contributed by atoms with Crippen LogP contribution in [-0.2, 0) is 0 Å². The average molecular weight is 251 g/mol. The Morgan fingerprint density at radius 3 is 2.61 bits per heavy atom. The summed E-state index contributed by atoms with van der Waals surface area (Å²) in [4.78, 5) is 10.4. The van der Waals surface area contributed by atoms with Gasteiger partial charge in [0, 0.05) is 11.6 Å². The number of aromatic nitrogens is 4. The van der Waals surface area contributed by atoms with Crippen molar-refractivity contribution in [3.63, 3.8) is 0 Å². The minimum Gasteiger partial charge on any atom is -0.493 e. The van der Waals surface area contributed by atoms with Crippen LogP contribution in [0, 0.1) is 10.1 Å². The maximum atomic E-state index is 11.0. The van der Waals surface area contributed by atoms with Crippen molar-refractivity contribution < 1.29 is 14.4 Å². The molecule has 0 spiro atoms. The molecule has 0 unspecified atom stereocenters. The molecule has 0 aliphatic rings. The van der Waals surface area contributed by atoms with Crippen molar-refractivity contribution in [3.8, 4) is 22.9 Å². The topological polar surface area (TPSA) is 116 Å². The second kappa shape index (κ2) is 4.65. The summed E-state index contributed by atoms with van der Waals surface area (Å²) in [6.07, 6.45) is 0. The van der Waals surface area contributed by atoms with Gasteiger partial charge in [-0.25, -0.2) is 0 Å². The van der Waals surface area contributed by atoms with Gasteiger partial charge in [0.2, 0.25) is 11.6 Å². The molecule has 0 amide bonds. The lowest BCUT2D eigenvalue weighted by molar-refractivity contribution is -0.385. The molecule has 9 heteroatoms. The number of H-pyrrole nitrogens is 1.